The molecule has 0 spiro atoms. The molecule has 1 amide bonds. The average Bonchev–Trinajstić information content (AvgIpc) is 2.01. The van der Waals surface area contributed by atoms with E-state index in [9.17, 15) is 4.79 Å². The molecular weight excluding hydrogens is 166 g/mol. The highest BCUT2D eigenvalue weighted by molar-refractivity contribution is 5.76. The Morgan fingerprint density at radius 2 is 2.15 bits per heavy atom. The van der Waals surface area contributed by atoms with E-state index in [1.165, 1.54) is 0 Å². The zero-order valence-electron chi connectivity index (χ0n) is 8.84. The summed E-state index contributed by atoms with van der Waals surface area (Å²) in [5, 5.41) is 2.89. The molecular formula is C9H21N3O. The van der Waals surface area contributed by atoms with Gasteiger partial charge in [-0.2, -0.15) is 0 Å². The van der Waals surface area contributed by atoms with Gasteiger partial charge in [-0.05, 0) is 34.0 Å². The van der Waals surface area contributed by atoms with Crippen LogP contribution in [0.3, 0.4) is 0 Å². The molecule has 4 heteroatoms. The van der Waals surface area contributed by atoms with Crippen LogP contribution in [-0.2, 0) is 4.79 Å². The molecule has 0 fully saturated rings. The van der Waals surface area contributed by atoms with Crippen LogP contribution in [0.1, 0.15) is 19.8 Å². The minimum atomic E-state index is 0.0498. The van der Waals surface area contributed by atoms with Crippen LogP contribution in [0, 0.1) is 0 Å². The molecule has 0 aromatic rings. The van der Waals surface area contributed by atoms with Crippen LogP contribution in [0.15, 0.2) is 0 Å². The van der Waals surface area contributed by atoms with Gasteiger partial charge in [-0.15, -0.1) is 0 Å². The fourth-order valence-corrected chi connectivity index (χ4v) is 1.00. The fourth-order valence-electron chi connectivity index (χ4n) is 1.00. The van der Waals surface area contributed by atoms with E-state index in [1.54, 1.807) is 0 Å². The van der Waals surface area contributed by atoms with Gasteiger partial charge in [0.15, 0.2) is 0 Å². The molecule has 0 aliphatic rings. The molecule has 0 saturated heterocycles. The summed E-state index contributed by atoms with van der Waals surface area (Å²) in [6.07, 6.45) is 1.40. The highest BCUT2D eigenvalue weighted by atomic mass is 16.1. The first kappa shape index (κ1) is 12.4. The lowest BCUT2D eigenvalue weighted by Crippen LogP contribution is -2.35. The van der Waals surface area contributed by atoms with Crippen LogP contribution in [0.4, 0.5) is 0 Å². The maximum Gasteiger partial charge on any atom is 0.221 e. The number of nitrogens with zero attached hydrogens (tertiary/aromatic N) is 1. The topological polar surface area (TPSA) is 58.4 Å². The SMILES string of the molecule is CC(CCN(C)C)NC(=O)CCN. The second kappa shape index (κ2) is 6.86. The molecule has 1 atom stereocenters. The Labute approximate surface area is 80.5 Å². The molecule has 1 unspecified atom stereocenters. The van der Waals surface area contributed by atoms with Gasteiger partial charge in [-0.25, -0.2) is 0 Å². The summed E-state index contributed by atoms with van der Waals surface area (Å²) in [6, 6.07) is 0.237. The molecule has 78 valence electrons. The van der Waals surface area contributed by atoms with Gasteiger partial charge in [0.05, 0.1) is 0 Å². The van der Waals surface area contributed by atoms with Gasteiger partial charge in [0.25, 0.3) is 0 Å². The van der Waals surface area contributed by atoms with Crippen molar-refractivity contribution in [1.29, 1.82) is 0 Å². The summed E-state index contributed by atoms with van der Waals surface area (Å²) in [4.78, 5) is 13.2. The molecule has 0 aliphatic carbocycles. The molecule has 3 N–H and O–H groups in total. The predicted octanol–water partition coefficient (Wildman–Crippen LogP) is -0.208. The summed E-state index contributed by atoms with van der Waals surface area (Å²) >= 11 is 0. The van der Waals surface area contributed by atoms with Gasteiger partial charge in [0, 0.05) is 19.0 Å². The highest BCUT2D eigenvalue weighted by Crippen LogP contribution is 1.92. The summed E-state index contributed by atoms with van der Waals surface area (Å²) in [5.41, 5.74) is 5.26. The third kappa shape index (κ3) is 7.74. The summed E-state index contributed by atoms with van der Waals surface area (Å²) < 4.78 is 0. The molecule has 13 heavy (non-hydrogen) atoms. The van der Waals surface area contributed by atoms with Crippen molar-refractivity contribution in [3.8, 4) is 0 Å². The Bertz CT molecular complexity index is 148. The lowest BCUT2D eigenvalue weighted by molar-refractivity contribution is -0.121. The van der Waals surface area contributed by atoms with Gasteiger partial charge < -0.3 is 16.0 Å². The number of amides is 1. The number of nitrogens with two attached hydrogens (primary N) is 1. The van der Waals surface area contributed by atoms with Crippen molar-refractivity contribution < 1.29 is 4.79 Å². The second-order valence-corrected chi connectivity index (χ2v) is 3.60. The molecule has 0 radical (unpaired) electrons. The smallest absolute Gasteiger partial charge is 0.221 e. The number of carbonyl (C=O) groups is 1. The second-order valence-electron chi connectivity index (χ2n) is 3.60. The van der Waals surface area contributed by atoms with Crippen LogP contribution in [0.5, 0.6) is 0 Å². The maximum absolute atomic E-state index is 11.1. The summed E-state index contributed by atoms with van der Waals surface area (Å²) in [5.74, 6) is 0.0498. The van der Waals surface area contributed by atoms with Crippen molar-refractivity contribution in [2.24, 2.45) is 5.73 Å². The first-order chi connectivity index (χ1) is 6.06. The molecule has 0 bridgehead atoms. The van der Waals surface area contributed by atoms with Crippen LogP contribution in [0.25, 0.3) is 0 Å². The Hall–Kier alpha value is -0.610. The van der Waals surface area contributed by atoms with Crippen molar-refractivity contribution in [2.75, 3.05) is 27.2 Å². The normalized spacial score (nSPS) is 13.0. The van der Waals surface area contributed by atoms with Crippen LogP contribution >= 0.6 is 0 Å². The minimum absolute atomic E-state index is 0.0498. The summed E-state index contributed by atoms with van der Waals surface area (Å²) in [6.45, 7) is 3.42. The van der Waals surface area contributed by atoms with Gasteiger partial charge in [-0.3, -0.25) is 4.79 Å². The van der Waals surface area contributed by atoms with Gasteiger partial charge in [-0.1, -0.05) is 0 Å². The van der Waals surface area contributed by atoms with Crippen LogP contribution in [-0.4, -0.2) is 44.0 Å². The van der Waals surface area contributed by atoms with E-state index in [4.69, 9.17) is 5.73 Å². The molecule has 0 aromatic carbocycles. The molecule has 0 saturated carbocycles. The number of rotatable bonds is 6. The van der Waals surface area contributed by atoms with Crippen molar-refractivity contribution in [3.05, 3.63) is 0 Å². The quantitative estimate of drug-likeness (QED) is 0.605. The Balaban J connectivity index is 3.49. The molecule has 0 heterocycles. The van der Waals surface area contributed by atoms with Crippen LogP contribution in [0.2, 0.25) is 0 Å². The number of hydrogen-bond acceptors (Lipinski definition) is 3. The third-order valence-corrected chi connectivity index (χ3v) is 1.79. The van der Waals surface area contributed by atoms with E-state index >= 15 is 0 Å². The van der Waals surface area contributed by atoms with Gasteiger partial charge in [0.2, 0.25) is 5.91 Å². The fraction of sp³-hybridized carbons (Fsp3) is 0.889. The monoisotopic (exact) mass is 187 g/mol. The largest absolute Gasteiger partial charge is 0.354 e. The molecule has 0 rings (SSSR count). The van der Waals surface area contributed by atoms with Gasteiger partial charge >= 0.3 is 0 Å². The number of hydrogen-bond donors (Lipinski definition) is 2. The van der Waals surface area contributed by atoms with Crippen molar-refractivity contribution in [2.45, 2.75) is 25.8 Å². The summed E-state index contributed by atoms with van der Waals surface area (Å²) in [7, 11) is 4.04. The van der Waals surface area contributed by atoms with E-state index in [0.717, 1.165) is 13.0 Å². The Morgan fingerprint density at radius 3 is 2.62 bits per heavy atom. The highest BCUT2D eigenvalue weighted by Gasteiger charge is 2.05. The Kier molecular flexibility index (Phi) is 6.54. The predicted molar refractivity (Wildman–Crippen MR) is 54.4 cm³/mol. The molecule has 0 aromatic heterocycles. The zero-order valence-corrected chi connectivity index (χ0v) is 8.84. The number of carbonyl (C=O) groups excluding carboxylic acids is 1. The zero-order chi connectivity index (χ0) is 10.3. The van der Waals surface area contributed by atoms with Crippen molar-refractivity contribution in [1.82, 2.24) is 10.2 Å². The van der Waals surface area contributed by atoms with Crippen molar-refractivity contribution >= 4 is 5.91 Å². The first-order valence-electron chi connectivity index (χ1n) is 4.70. The van der Waals surface area contributed by atoms with E-state index in [1.807, 2.05) is 21.0 Å². The lowest BCUT2D eigenvalue weighted by Gasteiger charge is -2.16. The van der Waals surface area contributed by atoms with Crippen molar-refractivity contribution in [3.63, 3.8) is 0 Å². The maximum atomic E-state index is 11.1. The molecule has 4 nitrogen and oxygen atoms in total. The number of nitrogens with one attached hydrogen (secondary N) is 1. The van der Waals surface area contributed by atoms with Crippen LogP contribution < -0.4 is 11.1 Å². The van der Waals surface area contributed by atoms with E-state index in [2.05, 4.69) is 10.2 Å². The van der Waals surface area contributed by atoms with Gasteiger partial charge in [0.1, 0.15) is 0 Å². The average molecular weight is 187 g/mol. The Morgan fingerprint density at radius 1 is 1.54 bits per heavy atom. The minimum Gasteiger partial charge on any atom is -0.354 e. The lowest BCUT2D eigenvalue weighted by atomic mass is 10.2. The molecule has 0 aliphatic heterocycles. The van der Waals surface area contributed by atoms with E-state index in [-0.39, 0.29) is 11.9 Å². The van der Waals surface area contributed by atoms with E-state index in [0.29, 0.717) is 13.0 Å². The standard InChI is InChI=1S/C9H21N3O/c1-8(5-7-12(2)3)11-9(13)4-6-10/h8H,4-7,10H2,1-3H3,(H,11,13). The van der Waals surface area contributed by atoms with E-state index < -0.39 is 0 Å². The third-order valence-electron chi connectivity index (χ3n) is 1.79. The first-order valence-corrected chi connectivity index (χ1v) is 4.70.